The molecule has 0 heterocycles. The summed E-state index contributed by atoms with van der Waals surface area (Å²) in [5.41, 5.74) is 0.947. The first-order chi connectivity index (χ1) is 16.1. The molecule has 0 aliphatic rings. The molecule has 2 nitrogen and oxygen atoms in total. The van der Waals surface area contributed by atoms with Gasteiger partial charge in [0, 0.05) is 19.4 Å². The van der Waals surface area contributed by atoms with E-state index in [1.165, 1.54) is 32.2 Å². The zero-order valence-electron chi connectivity index (χ0n) is 19.0. The van der Waals surface area contributed by atoms with Crippen LogP contribution in [0.25, 0.3) is 21.5 Å². The molecule has 0 saturated carbocycles. The molecule has 0 radical (unpaired) electrons. The zero-order chi connectivity index (χ0) is 22.8. The first-order valence-electron chi connectivity index (χ1n) is 11.4. The maximum Gasteiger partial charge on any atom is 0.0945 e. The van der Waals surface area contributed by atoms with Crippen molar-refractivity contribution in [2.45, 2.75) is 19.1 Å². The molecule has 3 heteroatoms. The fourth-order valence-electron chi connectivity index (χ4n) is 4.59. The molecule has 1 N–H and O–H groups in total. The van der Waals surface area contributed by atoms with Gasteiger partial charge in [-0.25, -0.2) is 0 Å². The third kappa shape index (κ3) is 4.18. The first-order valence-corrected chi connectivity index (χ1v) is 12.7. The third-order valence-corrected chi connectivity index (χ3v) is 9.09. The van der Waals surface area contributed by atoms with Crippen LogP contribution in [0.1, 0.15) is 18.6 Å². The van der Waals surface area contributed by atoms with Crippen LogP contribution in [0.2, 0.25) is 0 Å². The maximum absolute atomic E-state index is 11.3. The van der Waals surface area contributed by atoms with Gasteiger partial charge in [0.2, 0.25) is 0 Å². The Hall–Kier alpha value is -3.03. The van der Waals surface area contributed by atoms with Gasteiger partial charge in [0.05, 0.1) is 6.10 Å². The highest BCUT2D eigenvalue weighted by atomic mass is 31.1. The fraction of sp³-hybridized carbons (Fsp3) is 0.133. The van der Waals surface area contributed by atoms with Crippen molar-refractivity contribution < 1.29 is 5.11 Å². The lowest BCUT2D eigenvalue weighted by Gasteiger charge is -2.37. The second-order valence-corrected chi connectivity index (χ2v) is 10.7. The minimum absolute atomic E-state index is 0.0658. The lowest BCUT2D eigenvalue weighted by molar-refractivity contribution is 0.111. The maximum atomic E-state index is 11.3. The molecule has 5 aromatic carbocycles. The molecule has 0 aromatic heterocycles. The van der Waals surface area contributed by atoms with Crippen molar-refractivity contribution in [1.29, 1.82) is 0 Å². The van der Waals surface area contributed by atoms with Crippen LogP contribution < -0.4 is 10.6 Å². The third-order valence-electron chi connectivity index (χ3n) is 6.48. The average Bonchev–Trinajstić information content (AvgIpc) is 2.89. The molecule has 164 valence electrons. The standard InChI is InChI=1S/C30H28NOP/c1-22(30(32)23-13-5-3-6-14-23)31(2)33(25-16-7-4-8-17-25)29-21-24-15-9-10-18-26(24)27-19-11-12-20-28(27)29/h3-22,30,32H,1-2H3/t22-,30?,33-/m0/s1. The van der Waals surface area contributed by atoms with Gasteiger partial charge in [0.1, 0.15) is 0 Å². The first kappa shape index (κ1) is 21.8. The van der Waals surface area contributed by atoms with E-state index in [1.54, 1.807) is 0 Å². The number of fused-ring (bicyclic) bond motifs is 3. The Labute approximate surface area is 196 Å². The molecule has 1 unspecified atom stereocenters. The van der Waals surface area contributed by atoms with Gasteiger partial charge in [-0.3, -0.25) is 4.67 Å². The molecule has 0 aliphatic heterocycles. The molecule has 0 saturated heterocycles. The van der Waals surface area contributed by atoms with Crippen molar-refractivity contribution in [3.8, 4) is 0 Å². The van der Waals surface area contributed by atoms with Crippen molar-refractivity contribution in [3.63, 3.8) is 0 Å². The molecule has 3 atom stereocenters. The van der Waals surface area contributed by atoms with Crippen molar-refractivity contribution in [1.82, 2.24) is 4.67 Å². The Morgan fingerprint density at radius 3 is 1.91 bits per heavy atom. The lowest BCUT2D eigenvalue weighted by Crippen LogP contribution is -2.36. The van der Waals surface area contributed by atoms with E-state index in [0.29, 0.717) is 0 Å². The van der Waals surface area contributed by atoms with Crippen LogP contribution in [0.15, 0.2) is 115 Å². The van der Waals surface area contributed by atoms with Crippen LogP contribution in [0.5, 0.6) is 0 Å². The van der Waals surface area contributed by atoms with Crippen molar-refractivity contribution in [2.75, 3.05) is 7.05 Å². The van der Waals surface area contributed by atoms with Crippen molar-refractivity contribution in [3.05, 3.63) is 121 Å². The number of rotatable bonds is 6. The number of aliphatic hydroxyl groups is 1. The van der Waals surface area contributed by atoms with Crippen molar-refractivity contribution in [2.24, 2.45) is 0 Å². The van der Waals surface area contributed by atoms with Crippen LogP contribution in [-0.2, 0) is 0 Å². The Kier molecular flexibility index (Phi) is 6.24. The second kappa shape index (κ2) is 9.45. The molecule has 5 aromatic rings. The number of nitrogens with zero attached hydrogens (tertiary/aromatic N) is 1. The Morgan fingerprint density at radius 1 is 0.667 bits per heavy atom. The molecule has 0 bridgehead atoms. The monoisotopic (exact) mass is 449 g/mol. The topological polar surface area (TPSA) is 23.5 Å². The van der Waals surface area contributed by atoms with Gasteiger partial charge >= 0.3 is 0 Å². The molecule has 5 rings (SSSR count). The summed E-state index contributed by atoms with van der Waals surface area (Å²) in [4.78, 5) is 0. The second-order valence-electron chi connectivity index (χ2n) is 8.48. The van der Waals surface area contributed by atoms with Gasteiger partial charge in [0.25, 0.3) is 0 Å². The van der Waals surface area contributed by atoms with Crippen LogP contribution in [0.3, 0.4) is 0 Å². The average molecular weight is 450 g/mol. The molecule has 0 amide bonds. The summed E-state index contributed by atoms with van der Waals surface area (Å²) in [6.07, 6.45) is -0.573. The summed E-state index contributed by atoms with van der Waals surface area (Å²) in [6.45, 7) is 2.12. The number of benzene rings is 5. The molecule has 33 heavy (non-hydrogen) atoms. The van der Waals surface area contributed by atoms with Gasteiger partial charge in [0.15, 0.2) is 0 Å². The van der Waals surface area contributed by atoms with E-state index >= 15 is 0 Å². The van der Waals surface area contributed by atoms with Gasteiger partial charge in [-0.2, -0.15) is 0 Å². The Morgan fingerprint density at radius 2 is 1.21 bits per heavy atom. The van der Waals surface area contributed by atoms with Crippen LogP contribution in [-0.4, -0.2) is 22.9 Å². The number of hydrogen-bond acceptors (Lipinski definition) is 2. The number of likely N-dealkylation sites (N-methyl/N-ethyl adjacent to an activating group) is 1. The van der Waals surface area contributed by atoms with Crippen molar-refractivity contribution >= 4 is 40.2 Å². The summed E-state index contributed by atoms with van der Waals surface area (Å²) >= 11 is 0. The van der Waals surface area contributed by atoms with E-state index in [2.05, 4.69) is 104 Å². The number of aliphatic hydroxyl groups excluding tert-OH is 1. The normalized spacial score (nSPS) is 14.4. The number of hydrogen-bond donors (Lipinski definition) is 1. The highest BCUT2D eigenvalue weighted by Gasteiger charge is 2.29. The molecular weight excluding hydrogens is 421 g/mol. The minimum Gasteiger partial charge on any atom is -0.387 e. The summed E-state index contributed by atoms with van der Waals surface area (Å²) in [5, 5.41) is 18.9. The summed E-state index contributed by atoms with van der Waals surface area (Å²) in [5.74, 6) is 0. The van der Waals surface area contributed by atoms with E-state index in [-0.39, 0.29) is 6.04 Å². The Bertz CT molecular complexity index is 1370. The SMILES string of the molecule is C[C@@H](C(O)c1ccccc1)N(C)[P@@](c1ccccc1)c1cc2ccccc2c2ccccc12. The van der Waals surface area contributed by atoms with Crippen LogP contribution >= 0.6 is 8.07 Å². The predicted octanol–water partition coefficient (Wildman–Crippen LogP) is 6.39. The lowest BCUT2D eigenvalue weighted by atomic mass is 10.0. The van der Waals surface area contributed by atoms with E-state index in [4.69, 9.17) is 0 Å². The quantitative estimate of drug-likeness (QED) is 0.240. The predicted molar refractivity (Wildman–Crippen MR) is 143 cm³/mol. The Balaban J connectivity index is 1.69. The molecular formula is C30H28NOP. The zero-order valence-corrected chi connectivity index (χ0v) is 19.9. The molecule has 0 aliphatic carbocycles. The minimum atomic E-state index is -0.874. The molecule has 0 spiro atoms. The van der Waals surface area contributed by atoms with Crippen LogP contribution in [0.4, 0.5) is 0 Å². The highest BCUT2D eigenvalue weighted by molar-refractivity contribution is 7.71. The van der Waals surface area contributed by atoms with Gasteiger partial charge in [-0.1, -0.05) is 109 Å². The van der Waals surface area contributed by atoms with E-state index in [9.17, 15) is 5.11 Å². The molecule has 0 fully saturated rings. The van der Waals surface area contributed by atoms with E-state index < -0.39 is 14.2 Å². The van der Waals surface area contributed by atoms with Gasteiger partial charge < -0.3 is 5.11 Å². The largest absolute Gasteiger partial charge is 0.387 e. The van der Waals surface area contributed by atoms with Gasteiger partial charge in [-0.05, 0) is 52.5 Å². The van der Waals surface area contributed by atoms with E-state index in [1.807, 2.05) is 30.3 Å². The summed E-state index contributed by atoms with van der Waals surface area (Å²) in [7, 11) is 1.28. The van der Waals surface area contributed by atoms with Gasteiger partial charge in [-0.15, -0.1) is 0 Å². The van der Waals surface area contributed by atoms with E-state index in [0.717, 1.165) is 5.56 Å². The summed E-state index contributed by atoms with van der Waals surface area (Å²) in [6, 6.07) is 40.3. The highest BCUT2D eigenvalue weighted by Crippen LogP contribution is 2.44. The fourth-order valence-corrected chi connectivity index (χ4v) is 7.20. The smallest absolute Gasteiger partial charge is 0.0945 e. The summed E-state index contributed by atoms with van der Waals surface area (Å²) < 4.78 is 2.37. The van der Waals surface area contributed by atoms with Crippen LogP contribution in [0, 0.1) is 0 Å².